The highest BCUT2D eigenvalue weighted by molar-refractivity contribution is 5.91. The quantitative estimate of drug-likeness (QED) is 0.516. The molecule has 0 saturated heterocycles. The highest BCUT2D eigenvalue weighted by Crippen LogP contribution is 2.01. The summed E-state index contributed by atoms with van der Waals surface area (Å²) in [5.74, 6) is -0.434. The van der Waals surface area contributed by atoms with Crippen LogP contribution in [0.1, 0.15) is 20.8 Å². The van der Waals surface area contributed by atoms with Gasteiger partial charge in [0, 0.05) is 13.7 Å². The summed E-state index contributed by atoms with van der Waals surface area (Å²) in [5, 5.41) is 8.18. The van der Waals surface area contributed by atoms with Crippen LogP contribution in [0.5, 0.6) is 0 Å². The summed E-state index contributed by atoms with van der Waals surface area (Å²) in [5.41, 5.74) is -0.693. The van der Waals surface area contributed by atoms with Gasteiger partial charge in [-0.05, 0) is 27.8 Å². The Morgan fingerprint density at radius 1 is 1.35 bits per heavy atom. The van der Waals surface area contributed by atoms with Gasteiger partial charge in [-0.3, -0.25) is 9.59 Å². The van der Waals surface area contributed by atoms with Gasteiger partial charge in [0.05, 0.1) is 12.1 Å². The van der Waals surface area contributed by atoms with Crippen LogP contribution < -0.4 is 16.0 Å². The third kappa shape index (κ3) is 5.65. The molecule has 0 heterocycles. The minimum atomic E-state index is -0.693. The van der Waals surface area contributed by atoms with Crippen molar-refractivity contribution in [3.63, 3.8) is 0 Å². The molecular formula is C11H23N3O3. The molecule has 2 amide bonds. The van der Waals surface area contributed by atoms with Crippen LogP contribution in [0.15, 0.2) is 0 Å². The number of carbonyl (C=O) groups excluding carboxylic acids is 2. The molecule has 1 atom stereocenters. The van der Waals surface area contributed by atoms with E-state index in [1.165, 1.54) is 0 Å². The van der Waals surface area contributed by atoms with Gasteiger partial charge in [0.1, 0.15) is 6.04 Å². The number of ether oxygens (including phenoxy) is 1. The molecule has 0 radical (unpaired) electrons. The van der Waals surface area contributed by atoms with Crippen LogP contribution in [0.4, 0.5) is 0 Å². The second kappa shape index (κ2) is 7.24. The van der Waals surface area contributed by atoms with Crippen LogP contribution >= 0.6 is 0 Å². The molecule has 3 N–H and O–H groups in total. The van der Waals surface area contributed by atoms with Crippen LogP contribution in [-0.4, -0.2) is 50.7 Å². The lowest BCUT2D eigenvalue weighted by molar-refractivity contribution is -0.131. The summed E-state index contributed by atoms with van der Waals surface area (Å²) in [6.45, 7) is 6.03. The number of nitrogens with one attached hydrogen (secondary N) is 3. The fraction of sp³-hybridized carbons (Fsp3) is 0.818. The van der Waals surface area contributed by atoms with Crippen molar-refractivity contribution in [1.29, 1.82) is 0 Å². The van der Waals surface area contributed by atoms with Crippen molar-refractivity contribution in [2.24, 2.45) is 0 Å². The van der Waals surface area contributed by atoms with Gasteiger partial charge in [-0.15, -0.1) is 0 Å². The molecule has 0 aromatic rings. The second-order valence-corrected chi connectivity index (χ2v) is 4.35. The monoisotopic (exact) mass is 245 g/mol. The Morgan fingerprint density at radius 2 is 1.94 bits per heavy atom. The minimum Gasteiger partial charge on any atom is -0.383 e. The third-order valence-electron chi connectivity index (χ3n) is 2.54. The number of amides is 2. The van der Waals surface area contributed by atoms with Gasteiger partial charge in [0.2, 0.25) is 11.8 Å². The van der Waals surface area contributed by atoms with E-state index in [0.717, 1.165) is 0 Å². The Bertz CT molecular complexity index is 267. The summed E-state index contributed by atoms with van der Waals surface area (Å²) < 4.78 is 4.81. The van der Waals surface area contributed by atoms with Gasteiger partial charge < -0.3 is 20.7 Å². The maximum absolute atomic E-state index is 11.8. The van der Waals surface area contributed by atoms with Gasteiger partial charge in [-0.1, -0.05) is 0 Å². The lowest BCUT2D eigenvalue weighted by Gasteiger charge is -2.25. The van der Waals surface area contributed by atoms with E-state index in [1.807, 2.05) is 0 Å². The average molecular weight is 245 g/mol. The standard InChI is InChI=1S/C11H23N3O3/c1-8(9(15)13-6-7-17-5)14-10(16)11(2,3)12-4/h8,12H,6-7H2,1-5H3,(H,13,15)(H,14,16). The Balaban J connectivity index is 4.12. The molecule has 0 aliphatic heterocycles. The number of carbonyl (C=O) groups is 2. The van der Waals surface area contributed by atoms with E-state index < -0.39 is 11.6 Å². The molecule has 0 aliphatic rings. The molecule has 0 aliphatic carbocycles. The molecule has 1 unspecified atom stereocenters. The SMILES string of the molecule is CNC(C)(C)C(=O)NC(C)C(=O)NCCOC. The number of likely N-dealkylation sites (N-methyl/N-ethyl adjacent to an activating group) is 1. The zero-order chi connectivity index (χ0) is 13.5. The van der Waals surface area contributed by atoms with Crippen molar-refractivity contribution in [3.05, 3.63) is 0 Å². The van der Waals surface area contributed by atoms with Gasteiger partial charge in [-0.2, -0.15) is 0 Å². The molecule has 6 nitrogen and oxygen atoms in total. The normalized spacial score (nSPS) is 13.0. The first-order valence-electron chi connectivity index (χ1n) is 5.61. The predicted molar refractivity (Wildman–Crippen MR) is 65.6 cm³/mol. The topological polar surface area (TPSA) is 79.5 Å². The molecule has 0 aromatic carbocycles. The van der Waals surface area contributed by atoms with Crippen molar-refractivity contribution < 1.29 is 14.3 Å². The van der Waals surface area contributed by atoms with Crippen LogP contribution in [0, 0.1) is 0 Å². The van der Waals surface area contributed by atoms with Crippen molar-refractivity contribution >= 4 is 11.8 Å². The van der Waals surface area contributed by atoms with Crippen molar-refractivity contribution in [1.82, 2.24) is 16.0 Å². The highest BCUT2D eigenvalue weighted by atomic mass is 16.5. The zero-order valence-electron chi connectivity index (χ0n) is 11.2. The van der Waals surface area contributed by atoms with Crippen LogP contribution in [-0.2, 0) is 14.3 Å². The van der Waals surface area contributed by atoms with Gasteiger partial charge in [-0.25, -0.2) is 0 Å². The zero-order valence-corrected chi connectivity index (χ0v) is 11.2. The Labute approximate surface area is 102 Å². The summed E-state index contributed by atoms with van der Waals surface area (Å²) in [7, 11) is 3.26. The van der Waals surface area contributed by atoms with E-state index in [0.29, 0.717) is 13.2 Å². The van der Waals surface area contributed by atoms with Crippen molar-refractivity contribution in [2.45, 2.75) is 32.4 Å². The fourth-order valence-electron chi connectivity index (χ4n) is 0.986. The summed E-state index contributed by atoms with van der Waals surface area (Å²) in [4.78, 5) is 23.3. The lowest BCUT2D eigenvalue weighted by Crippen LogP contribution is -2.56. The van der Waals surface area contributed by atoms with Crippen LogP contribution in [0.3, 0.4) is 0 Å². The maximum Gasteiger partial charge on any atom is 0.242 e. The van der Waals surface area contributed by atoms with Crippen molar-refractivity contribution in [2.75, 3.05) is 27.3 Å². The van der Waals surface area contributed by atoms with E-state index in [1.54, 1.807) is 34.9 Å². The first-order valence-corrected chi connectivity index (χ1v) is 5.61. The van der Waals surface area contributed by atoms with Crippen LogP contribution in [0.25, 0.3) is 0 Å². The molecule has 100 valence electrons. The largest absolute Gasteiger partial charge is 0.383 e. The second-order valence-electron chi connectivity index (χ2n) is 4.35. The third-order valence-corrected chi connectivity index (χ3v) is 2.54. The Kier molecular flexibility index (Phi) is 6.75. The average Bonchev–Trinajstić information content (AvgIpc) is 2.28. The first kappa shape index (κ1) is 15.9. The summed E-state index contributed by atoms with van der Waals surface area (Å²) >= 11 is 0. The summed E-state index contributed by atoms with van der Waals surface area (Å²) in [6.07, 6.45) is 0. The summed E-state index contributed by atoms with van der Waals surface area (Å²) in [6, 6.07) is -0.563. The smallest absolute Gasteiger partial charge is 0.242 e. The Morgan fingerprint density at radius 3 is 2.41 bits per heavy atom. The molecule has 17 heavy (non-hydrogen) atoms. The Hall–Kier alpha value is -1.14. The molecule has 0 bridgehead atoms. The molecule has 0 saturated carbocycles. The minimum absolute atomic E-state index is 0.214. The van der Waals surface area contributed by atoms with E-state index in [9.17, 15) is 9.59 Å². The number of hydrogen-bond donors (Lipinski definition) is 3. The van der Waals surface area contributed by atoms with Gasteiger partial charge >= 0.3 is 0 Å². The predicted octanol–water partition coefficient (Wildman–Crippen LogP) is -0.748. The van der Waals surface area contributed by atoms with Crippen LogP contribution in [0.2, 0.25) is 0 Å². The molecule has 0 spiro atoms. The molecule has 6 heteroatoms. The molecule has 0 fully saturated rings. The van der Waals surface area contributed by atoms with Crippen molar-refractivity contribution in [3.8, 4) is 0 Å². The van der Waals surface area contributed by atoms with E-state index in [4.69, 9.17) is 4.74 Å². The molecular weight excluding hydrogens is 222 g/mol. The van der Waals surface area contributed by atoms with E-state index in [2.05, 4.69) is 16.0 Å². The number of hydrogen-bond acceptors (Lipinski definition) is 4. The lowest BCUT2D eigenvalue weighted by atomic mass is 10.0. The number of rotatable bonds is 7. The van der Waals surface area contributed by atoms with E-state index >= 15 is 0 Å². The number of methoxy groups -OCH3 is 1. The fourth-order valence-corrected chi connectivity index (χ4v) is 0.986. The highest BCUT2D eigenvalue weighted by Gasteiger charge is 2.27. The van der Waals surface area contributed by atoms with Gasteiger partial charge in [0.25, 0.3) is 0 Å². The van der Waals surface area contributed by atoms with Gasteiger partial charge in [0.15, 0.2) is 0 Å². The molecule has 0 aromatic heterocycles. The first-order chi connectivity index (χ1) is 7.85. The maximum atomic E-state index is 11.8. The molecule has 0 rings (SSSR count). The van der Waals surface area contributed by atoms with E-state index in [-0.39, 0.29) is 11.8 Å².